The van der Waals surface area contributed by atoms with Crippen LogP contribution in [0.3, 0.4) is 0 Å². The first-order valence-electron chi connectivity index (χ1n) is 6.81. The van der Waals surface area contributed by atoms with E-state index >= 15 is 0 Å². The summed E-state index contributed by atoms with van der Waals surface area (Å²) in [6, 6.07) is 0. The second-order valence-electron chi connectivity index (χ2n) is 6.17. The molecule has 0 spiro atoms. The Balaban J connectivity index is 2.60. The predicted molar refractivity (Wildman–Crippen MR) is 86.4 cm³/mol. The van der Waals surface area contributed by atoms with Gasteiger partial charge in [-0.2, -0.15) is 0 Å². The second-order valence-corrected chi connectivity index (χ2v) is 6.17. The normalized spacial score (nSPS) is 18.6. The van der Waals surface area contributed by atoms with Crippen molar-refractivity contribution in [2.45, 2.75) is 27.7 Å². The first kappa shape index (κ1) is 13.7. The van der Waals surface area contributed by atoms with Gasteiger partial charge in [-0.25, -0.2) is 0 Å². The third-order valence-corrected chi connectivity index (χ3v) is 3.58. The third kappa shape index (κ3) is 2.67. The SMILES string of the molecule is C=C/C=C(\C1=C(C)BC2=C1C=C=CC=C2)C(C)(C)C. The lowest BCUT2D eigenvalue weighted by Crippen LogP contribution is -2.12. The highest BCUT2D eigenvalue weighted by atomic mass is 14.3. The summed E-state index contributed by atoms with van der Waals surface area (Å²) >= 11 is 0. The Morgan fingerprint density at radius 3 is 2.74 bits per heavy atom. The molecule has 0 amide bonds. The Hall–Kier alpha value is -1.72. The molecule has 0 radical (unpaired) electrons. The Morgan fingerprint density at radius 1 is 1.37 bits per heavy atom. The van der Waals surface area contributed by atoms with Gasteiger partial charge in [-0.15, -0.1) is 5.73 Å². The van der Waals surface area contributed by atoms with Crippen molar-refractivity contribution in [3.05, 3.63) is 76.4 Å². The molecule has 0 unspecified atom stereocenters. The molecule has 0 fully saturated rings. The van der Waals surface area contributed by atoms with Crippen LogP contribution in [0.5, 0.6) is 0 Å². The van der Waals surface area contributed by atoms with Crippen LogP contribution in [0.15, 0.2) is 76.4 Å². The first-order chi connectivity index (χ1) is 8.95. The van der Waals surface area contributed by atoms with Crippen LogP contribution in [0.1, 0.15) is 27.7 Å². The number of allylic oxidation sites excluding steroid dienone is 10. The van der Waals surface area contributed by atoms with Gasteiger partial charge in [0.2, 0.25) is 0 Å². The van der Waals surface area contributed by atoms with Crippen molar-refractivity contribution in [2.24, 2.45) is 5.41 Å². The minimum atomic E-state index is 0.112. The summed E-state index contributed by atoms with van der Waals surface area (Å²) in [6.07, 6.45) is 12.4. The molecule has 0 aromatic carbocycles. The Labute approximate surface area is 117 Å². The van der Waals surface area contributed by atoms with E-state index in [-0.39, 0.29) is 5.41 Å². The fourth-order valence-corrected chi connectivity index (χ4v) is 2.73. The van der Waals surface area contributed by atoms with Crippen molar-refractivity contribution in [2.75, 3.05) is 0 Å². The van der Waals surface area contributed by atoms with Gasteiger partial charge in [-0.05, 0) is 34.3 Å². The minimum Gasteiger partial charge on any atom is -0.120 e. The molecule has 0 aromatic rings. The zero-order valence-corrected chi connectivity index (χ0v) is 12.4. The van der Waals surface area contributed by atoms with Crippen LogP contribution < -0.4 is 0 Å². The van der Waals surface area contributed by atoms with Crippen LogP contribution in [-0.2, 0) is 0 Å². The second kappa shape index (κ2) is 5.11. The van der Waals surface area contributed by atoms with Crippen LogP contribution in [0, 0.1) is 5.41 Å². The van der Waals surface area contributed by atoms with Gasteiger partial charge in [-0.1, -0.05) is 69.5 Å². The molecule has 0 aromatic heterocycles. The molecule has 0 N–H and O–H groups in total. The largest absolute Gasteiger partial charge is 0.188 e. The minimum absolute atomic E-state index is 0.112. The summed E-state index contributed by atoms with van der Waals surface area (Å²) in [7, 11) is 1.04. The van der Waals surface area contributed by atoms with E-state index in [9.17, 15) is 0 Å². The van der Waals surface area contributed by atoms with E-state index in [2.05, 4.69) is 64.3 Å². The number of hydrogen-bond donors (Lipinski definition) is 0. The molecule has 96 valence electrons. The molecule has 0 nitrogen and oxygen atoms in total. The van der Waals surface area contributed by atoms with Crippen LogP contribution >= 0.6 is 0 Å². The Morgan fingerprint density at radius 2 is 2.11 bits per heavy atom. The highest BCUT2D eigenvalue weighted by molar-refractivity contribution is 6.57. The average molecular weight is 248 g/mol. The molecule has 0 saturated heterocycles. The number of hydrogen-bond acceptors (Lipinski definition) is 0. The molecule has 0 atom stereocenters. The van der Waals surface area contributed by atoms with Crippen molar-refractivity contribution in [3.63, 3.8) is 0 Å². The van der Waals surface area contributed by atoms with Crippen molar-refractivity contribution in [1.29, 1.82) is 0 Å². The molecular formula is C18H21B. The van der Waals surface area contributed by atoms with Gasteiger partial charge in [0.25, 0.3) is 0 Å². The van der Waals surface area contributed by atoms with Crippen molar-refractivity contribution in [3.8, 4) is 0 Å². The van der Waals surface area contributed by atoms with E-state index in [1.807, 2.05) is 12.2 Å². The topological polar surface area (TPSA) is 0 Å². The van der Waals surface area contributed by atoms with Gasteiger partial charge in [0, 0.05) is 0 Å². The van der Waals surface area contributed by atoms with E-state index < -0.39 is 0 Å². The molecule has 2 aliphatic rings. The van der Waals surface area contributed by atoms with Crippen LogP contribution in [0.2, 0.25) is 0 Å². The van der Waals surface area contributed by atoms with E-state index in [0.717, 1.165) is 7.28 Å². The van der Waals surface area contributed by atoms with Gasteiger partial charge in [0.1, 0.15) is 0 Å². The molecule has 0 saturated carbocycles. The van der Waals surface area contributed by atoms with Crippen molar-refractivity contribution >= 4 is 7.28 Å². The van der Waals surface area contributed by atoms with Gasteiger partial charge in [0.05, 0.1) is 0 Å². The maximum Gasteiger partial charge on any atom is 0.188 e. The van der Waals surface area contributed by atoms with Gasteiger partial charge in [0.15, 0.2) is 7.28 Å². The van der Waals surface area contributed by atoms with E-state index in [1.54, 1.807) is 0 Å². The molecule has 1 aliphatic heterocycles. The molecular weight excluding hydrogens is 227 g/mol. The van der Waals surface area contributed by atoms with E-state index in [1.165, 1.54) is 27.7 Å². The average Bonchev–Trinajstić information content (AvgIpc) is 2.50. The number of rotatable bonds is 2. The highest BCUT2D eigenvalue weighted by Crippen LogP contribution is 2.41. The van der Waals surface area contributed by atoms with Crippen molar-refractivity contribution in [1.82, 2.24) is 0 Å². The zero-order chi connectivity index (χ0) is 14.0. The molecule has 1 heterocycles. The van der Waals surface area contributed by atoms with Crippen LogP contribution in [0.25, 0.3) is 0 Å². The standard InChI is InChI=1S/C18H21B/c1-6-10-15(18(3,4)5)17-13(2)19-16-12-9-7-8-11-14(16)17/h6-7,9-12,19H,1H2,2-5H3/b15-10+. The fraction of sp³-hybridized carbons (Fsp3) is 0.278. The zero-order valence-electron chi connectivity index (χ0n) is 12.4. The summed E-state index contributed by atoms with van der Waals surface area (Å²) in [5, 5.41) is 0. The maximum atomic E-state index is 3.87. The summed E-state index contributed by atoms with van der Waals surface area (Å²) < 4.78 is 0. The predicted octanol–water partition coefficient (Wildman–Crippen LogP) is 4.40. The fourth-order valence-electron chi connectivity index (χ4n) is 2.73. The Kier molecular flexibility index (Phi) is 3.69. The van der Waals surface area contributed by atoms with Crippen molar-refractivity contribution < 1.29 is 0 Å². The third-order valence-electron chi connectivity index (χ3n) is 3.58. The maximum absolute atomic E-state index is 3.87. The quantitative estimate of drug-likeness (QED) is 0.386. The van der Waals surface area contributed by atoms with E-state index in [4.69, 9.17) is 0 Å². The summed E-state index contributed by atoms with van der Waals surface area (Å²) in [6.45, 7) is 12.9. The van der Waals surface area contributed by atoms with Gasteiger partial charge < -0.3 is 0 Å². The summed E-state index contributed by atoms with van der Waals surface area (Å²) in [5.74, 6) is 0. The van der Waals surface area contributed by atoms with Crippen LogP contribution in [-0.4, -0.2) is 7.28 Å². The van der Waals surface area contributed by atoms with Gasteiger partial charge >= 0.3 is 0 Å². The van der Waals surface area contributed by atoms with Gasteiger partial charge in [-0.3, -0.25) is 0 Å². The Bertz CT molecular complexity index is 592. The molecule has 2 rings (SSSR count). The molecule has 1 aliphatic carbocycles. The highest BCUT2D eigenvalue weighted by Gasteiger charge is 2.28. The monoisotopic (exact) mass is 248 g/mol. The lowest BCUT2D eigenvalue weighted by molar-refractivity contribution is 0.512. The molecule has 19 heavy (non-hydrogen) atoms. The lowest BCUT2D eigenvalue weighted by atomic mass is 9.65. The smallest absolute Gasteiger partial charge is 0.120 e. The summed E-state index contributed by atoms with van der Waals surface area (Å²) in [5.41, 5.74) is 10.3. The van der Waals surface area contributed by atoms with E-state index in [0.29, 0.717) is 0 Å². The first-order valence-corrected chi connectivity index (χ1v) is 6.81. The molecule has 0 bridgehead atoms. The summed E-state index contributed by atoms with van der Waals surface area (Å²) in [4.78, 5) is 0. The molecule has 1 heteroatoms. The van der Waals surface area contributed by atoms with Crippen LogP contribution in [0.4, 0.5) is 0 Å². The lowest BCUT2D eigenvalue weighted by Gasteiger charge is -2.26.